The van der Waals surface area contributed by atoms with E-state index in [1.807, 2.05) is 12.1 Å². The highest BCUT2D eigenvalue weighted by atomic mass is 16.5. The number of methoxy groups -OCH3 is 1. The van der Waals surface area contributed by atoms with Gasteiger partial charge in [-0.2, -0.15) is 0 Å². The number of rotatable bonds is 7. The molecule has 1 atom stereocenters. The molecule has 1 unspecified atom stereocenters. The molecule has 0 N–H and O–H groups in total. The summed E-state index contributed by atoms with van der Waals surface area (Å²) in [4.78, 5) is 0. The van der Waals surface area contributed by atoms with Gasteiger partial charge in [-0.3, -0.25) is 0 Å². The highest BCUT2D eigenvalue weighted by Gasteiger charge is 2.09. The highest BCUT2D eigenvalue weighted by Crippen LogP contribution is 2.33. The summed E-state index contributed by atoms with van der Waals surface area (Å²) in [6.45, 7) is 5.03. The van der Waals surface area contributed by atoms with E-state index in [4.69, 9.17) is 9.47 Å². The zero-order valence-corrected chi connectivity index (χ0v) is 15.7. The second-order valence-corrected chi connectivity index (χ2v) is 6.41. The Kier molecular flexibility index (Phi) is 6.08. The second kappa shape index (κ2) is 8.68. The first-order valence-electron chi connectivity index (χ1n) is 9.18. The fourth-order valence-electron chi connectivity index (χ4n) is 3.08. The van der Waals surface area contributed by atoms with Crippen LogP contribution in [0.25, 0.3) is 22.3 Å². The van der Waals surface area contributed by atoms with Crippen molar-refractivity contribution in [1.82, 2.24) is 0 Å². The van der Waals surface area contributed by atoms with Crippen molar-refractivity contribution in [3.63, 3.8) is 0 Å². The van der Waals surface area contributed by atoms with Crippen LogP contribution in [-0.2, 0) is 4.74 Å². The van der Waals surface area contributed by atoms with Gasteiger partial charge in [0.25, 0.3) is 0 Å². The highest BCUT2D eigenvalue weighted by molar-refractivity contribution is 5.83. The molecule has 3 aromatic rings. The van der Waals surface area contributed by atoms with Gasteiger partial charge in [0.1, 0.15) is 5.75 Å². The molecule has 0 heterocycles. The van der Waals surface area contributed by atoms with E-state index in [1.165, 1.54) is 27.8 Å². The van der Waals surface area contributed by atoms with Gasteiger partial charge in [0.05, 0.1) is 13.2 Å². The molecule has 0 saturated heterocycles. The van der Waals surface area contributed by atoms with E-state index in [2.05, 4.69) is 74.5 Å². The van der Waals surface area contributed by atoms with Gasteiger partial charge in [0, 0.05) is 6.61 Å². The van der Waals surface area contributed by atoms with Crippen molar-refractivity contribution in [3.8, 4) is 28.0 Å². The lowest BCUT2D eigenvalue weighted by atomic mass is 9.94. The fourth-order valence-corrected chi connectivity index (χ4v) is 3.08. The fraction of sp³-hybridized carbons (Fsp3) is 0.250. The van der Waals surface area contributed by atoms with Gasteiger partial charge >= 0.3 is 0 Å². The first-order chi connectivity index (χ1) is 12.7. The molecule has 3 rings (SSSR count). The van der Waals surface area contributed by atoms with Crippen LogP contribution in [0.3, 0.4) is 0 Å². The lowest BCUT2D eigenvalue weighted by Crippen LogP contribution is -2.00. The van der Waals surface area contributed by atoms with Crippen LogP contribution >= 0.6 is 0 Å². The van der Waals surface area contributed by atoms with E-state index in [0.29, 0.717) is 0 Å². The van der Waals surface area contributed by atoms with Crippen LogP contribution < -0.4 is 4.74 Å². The molecule has 2 nitrogen and oxygen atoms in total. The summed E-state index contributed by atoms with van der Waals surface area (Å²) in [5.41, 5.74) is 6.06. The third-order valence-electron chi connectivity index (χ3n) is 4.59. The normalized spacial score (nSPS) is 12.0. The molecule has 0 aliphatic heterocycles. The minimum Gasteiger partial charge on any atom is -0.497 e. The molecule has 0 bridgehead atoms. The predicted molar refractivity (Wildman–Crippen MR) is 109 cm³/mol. The largest absolute Gasteiger partial charge is 0.497 e. The summed E-state index contributed by atoms with van der Waals surface area (Å²) >= 11 is 0. The summed E-state index contributed by atoms with van der Waals surface area (Å²) < 4.78 is 11.1. The summed E-state index contributed by atoms with van der Waals surface area (Å²) in [7, 11) is 1.69. The molecule has 134 valence electrons. The van der Waals surface area contributed by atoms with Crippen LogP contribution in [0.15, 0.2) is 72.8 Å². The Labute approximate surface area is 156 Å². The maximum Gasteiger partial charge on any atom is 0.118 e. The van der Waals surface area contributed by atoms with Gasteiger partial charge in [0.15, 0.2) is 0 Å². The van der Waals surface area contributed by atoms with Gasteiger partial charge in [-0.15, -0.1) is 0 Å². The minimum absolute atomic E-state index is 0.126. The van der Waals surface area contributed by atoms with Crippen molar-refractivity contribution in [2.75, 3.05) is 13.7 Å². The van der Waals surface area contributed by atoms with Crippen LogP contribution in [0.2, 0.25) is 0 Å². The number of benzene rings is 3. The Balaban J connectivity index is 1.89. The van der Waals surface area contributed by atoms with Crippen molar-refractivity contribution >= 4 is 0 Å². The molecule has 0 amide bonds. The topological polar surface area (TPSA) is 18.5 Å². The molecule has 0 aliphatic carbocycles. The van der Waals surface area contributed by atoms with E-state index >= 15 is 0 Å². The molecule has 2 heteroatoms. The molecule has 26 heavy (non-hydrogen) atoms. The average molecular weight is 346 g/mol. The molecule has 0 fully saturated rings. The number of hydrogen-bond donors (Lipinski definition) is 0. The van der Waals surface area contributed by atoms with E-state index in [-0.39, 0.29) is 6.10 Å². The van der Waals surface area contributed by atoms with Gasteiger partial charge in [0.2, 0.25) is 0 Å². The zero-order chi connectivity index (χ0) is 18.4. The van der Waals surface area contributed by atoms with Crippen molar-refractivity contribution < 1.29 is 9.47 Å². The third-order valence-corrected chi connectivity index (χ3v) is 4.59. The van der Waals surface area contributed by atoms with Crippen molar-refractivity contribution in [1.29, 1.82) is 0 Å². The second-order valence-electron chi connectivity index (χ2n) is 6.41. The van der Waals surface area contributed by atoms with Crippen molar-refractivity contribution in [2.45, 2.75) is 26.4 Å². The first-order valence-corrected chi connectivity index (χ1v) is 9.18. The lowest BCUT2D eigenvalue weighted by Gasteiger charge is -2.15. The maximum absolute atomic E-state index is 5.83. The predicted octanol–water partition coefficient (Wildman–Crippen LogP) is 6.52. The molecule has 0 aliphatic rings. The van der Waals surface area contributed by atoms with E-state index in [0.717, 1.165) is 18.8 Å². The standard InChI is InChI=1S/C24H26O2/c1-4-17-26-18(2)19-9-11-20(12-10-19)23-7-5-6-8-24(23)21-13-15-22(25-3)16-14-21/h5-16,18H,4,17H2,1-3H3. The monoisotopic (exact) mass is 346 g/mol. The molecule has 0 radical (unpaired) electrons. The molecular weight excluding hydrogens is 320 g/mol. The lowest BCUT2D eigenvalue weighted by molar-refractivity contribution is 0.0663. The molecule has 3 aromatic carbocycles. The van der Waals surface area contributed by atoms with Crippen molar-refractivity contribution in [3.05, 3.63) is 78.4 Å². The van der Waals surface area contributed by atoms with Crippen LogP contribution in [0.1, 0.15) is 31.9 Å². The molecular formula is C24H26O2. The van der Waals surface area contributed by atoms with E-state index in [9.17, 15) is 0 Å². The van der Waals surface area contributed by atoms with Crippen LogP contribution in [-0.4, -0.2) is 13.7 Å². The SMILES string of the molecule is CCCOC(C)c1ccc(-c2ccccc2-c2ccc(OC)cc2)cc1. The summed E-state index contributed by atoms with van der Waals surface area (Å²) in [6.07, 6.45) is 1.17. The van der Waals surface area contributed by atoms with Crippen LogP contribution in [0.5, 0.6) is 5.75 Å². The Morgan fingerprint density at radius 1 is 0.769 bits per heavy atom. The summed E-state index contributed by atoms with van der Waals surface area (Å²) in [5, 5.41) is 0. The Morgan fingerprint density at radius 3 is 1.81 bits per heavy atom. The van der Waals surface area contributed by atoms with Crippen molar-refractivity contribution in [2.24, 2.45) is 0 Å². The summed E-state index contributed by atoms with van der Waals surface area (Å²) in [5.74, 6) is 0.872. The van der Waals surface area contributed by atoms with E-state index < -0.39 is 0 Å². The average Bonchev–Trinajstić information content (AvgIpc) is 2.72. The zero-order valence-electron chi connectivity index (χ0n) is 15.7. The van der Waals surface area contributed by atoms with Crippen LogP contribution in [0, 0.1) is 0 Å². The third kappa shape index (κ3) is 4.14. The number of ether oxygens (including phenoxy) is 2. The number of hydrogen-bond acceptors (Lipinski definition) is 2. The Bertz CT molecular complexity index is 820. The van der Waals surface area contributed by atoms with E-state index in [1.54, 1.807) is 7.11 Å². The van der Waals surface area contributed by atoms with Crippen LogP contribution in [0.4, 0.5) is 0 Å². The molecule has 0 saturated carbocycles. The minimum atomic E-state index is 0.126. The van der Waals surface area contributed by atoms with Gasteiger partial charge in [-0.05, 0) is 53.3 Å². The maximum atomic E-state index is 5.83. The first kappa shape index (κ1) is 18.2. The molecule has 0 spiro atoms. The Hall–Kier alpha value is -2.58. The summed E-state index contributed by atoms with van der Waals surface area (Å²) in [6, 6.07) is 25.4. The van der Waals surface area contributed by atoms with Gasteiger partial charge in [-0.25, -0.2) is 0 Å². The Morgan fingerprint density at radius 2 is 1.31 bits per heavy atom. The van der Waals surface area contributed by atoms with Gasteiger partial charge < -0.3 is 9.47 Å². The quantitative estimate of drug-likeness (QED) is 0.485. The van der Waals surface area contributed by atoms with Gasteiger partial charge in [-0.1, -0.05) is 67.6 Å². The molecule has 0 aromatic heterocycles. The smallest absolute Gasteiger partial charge is 0.118 e.